The van der Waals surface area contributed by atoms with E-state index in [-0.39, 0.29) is 5.91 Å². The molecule has 0 saturated carbocycles. The van der Waals surface area contributed by atoms with Crippen LogP contribution in [0.2, 0.25) is 0 Å². The number of thioether (sulfide) groups is 1. The van der Waals surface area contributed by atoms with Crippen molar-refractivity contribution in [3.8, 4) is 0 Å². The van der Waals surface area contributed by atoms with E-state index in [9.17, 15) is 14.7 Å². The Morgan fingerprint density at radius 1 is 0.765 bits per heavy atom. The Hall–Kier alpha value is -0.790. The zero-order valence-corrected chi connectivity index (χ0v) is 22.9. The van der Waals surface area contributed by atoms with Gasteiger partial charge in [-0.2, -0.15) is 11.8 Å². The Morgan fingerprint density at radius 3 is 1.68 bits per heavy atom. The van der Waals surface area contributed by atoms with Gasteiger partial charge in [-0.1, -0.05) is 103 Å². The zero-order chi connectivity index (χ0) is 25.3. The molecule has 6 nitrogen and oxygen atoms in total. The first-order valence-electron chi connectivity index (χ1n) is 14.1. The third-order valence-electron chi connectivity index (χ3n) is 6.34. The summed E-state index contributed by atoms with van der Waals surface area (Å²) in [5.74, 6) is 0.135. The van der Waals surface area contributed by atoms with Crippen molar-refractivity contribution in [1.29, 1.82) is 0 Å². The zero-order valence-electron chi connectivity index (χ0n) is 22.0. The third-order valence-corrected chi connectivity index (χ3v) is 7.51. The normalized spacial score (nSPS) is 13.0. The molecule has 0 rings (SSSR count). The van der Waals surface area contributed by atoms with E-state index in [0.717, 1.165) is 18.6 Å². The summed E-state index contributed by atoms with van der Waals surface area (Å²) in [6, 6.07) is -1.54. The lowest BCUT2D eigenvalue weighted by atomic mass is 10.0. The maximum Gasteiger partial charge on any atom is 0.326 e. The van der Waals surface area contributed by atoms with Crippen LogP contribution in [0.25, 0.3) is 0 Å². The molecule has 0 aliphatic heterocycles. The molecule has 2 atom stereocenters. The summed E-state index contributed by atoms with van der Waals surface area (Å²) in [4.78, 5) is 23.5. The van der Waals surface area contributed by atoms with E-state index < -0.39 is 18.1 Å². The molecule has 0 aromatic carbocycles. The number of carbonyl (C=O) groups is 2. The average Bonchev–Trinajstić information content (AvgIpc) is 2.82. The second-order valence-electron chi connectivity index (χ2n) is 9.67. The van der Waals surface area contributed by atoms with Gasteiger partial charge in [0.1, 0.15) is 6.04 Å². The van der Waals surface area contributed by atoms with Gasteiger partial charge in [-0.15, -0.1) is 0 Å². The summed E-state index contributed by atoms with van der Waals surface area (Å²) in [5, 5.41) is 11.8. The number of nitrogens with two attached hydrogens (primary N) is 2. The van der Waals surface area contributed by atoms with E-state index in [1.807, 2.05) is 0 Å². The highest BCUT2D eigenvalue weighted by atomic mass is 32.2. The lowest BCUT2D eigenvalue weighted by Gasteiger charge is -2.17. The minimum absolute atomic E-state index is 0.375. The second kappa shape index (κ2) is 25.3. The fraction of sp³-hybridized carbons (Fsp3) is 0.926. The molecule has 7 heteroatoms. The SMILES string of the molecule is CCCCCCCCCCCCCCCCCCSC[C@@H](N)C(=O)N[C@H](CCCCN)C(=O)O. The fourth-order valence-corrected chi connectivity index (χ4v) is 5.05. The minimum atomic E-state index is -1.02. The molecule has 0 heterocycles. The van der Waals surface area contributed by atoms with E-state index >= 15 is 0 Å². The number of carboxylic acids is 1. The Bertz CT molecular complexity index is 480. The molecule has 0 fully saturated rings. The largest absolute Gasteiger partial charge is 0.480 e. The summed E-state index contributed by atoms with van der Waals surface area (Å²) >= 11 is 1.68. The summed E-state index contributed by atoms with van der Waals surface area (Å²) < 4.78 is 0. The molecule has 0 aliphatic rings. The van der Waals surface area contributed by atoms with Gasteiger partial charge in [-0.25, -0.2) is 4.79 Å². The van der Waals surface area contributed by atoms with E-state index in [4.69, 9.17) is 11.5 Å². The fourth-order valence-electron chi connectivity index (χ4n) is 4.07. The van der Waals surface area contributed by atoms with Gasteiger partial charge in [0.25, 0.3) is 0 Å². The maximum absolute atomic E-state index is 12.2. The van der Waals surface area contributed by atoms with Gasteiger partial charge in [0.05, 0.1) is 6.04 Å². The van der Waals surface area contributed by atoms with Gasteiger partial charge < -0.3 is 21.9 Å². The number of nitrogens with one attached hydrogen (secondary N) is 1. The molecule has 202 valence electrons. The molecule has 0 radical (unpaired) electrons. The first kappa shape index (κ1) is 33.2. The lowest BCUT2D eigenvalue weighted by Crippen LogP contribution is -2.49. The van der Waals surface area contributed by atoms with Gasteiger partial charge in [-0.3, -0.25) is 4.79 Å². The summed E-state index contributed by atoms with van der Waals surface area (Å²) in [6.07, 6.45) is 23.6. The van der Waals surface area contributed by atoms with Crippen LogP contribution < -0.4 is 16.8 Å². The Balaban J connectivity index is 3.48. The number of unbranched alkanes of at least 4 members (excludes halogenated alkanes) is 16. The first-order valence-corrected chi connectivity index (χ1v) is 15.2. The Morgan fingerprint density at radius 2 is 1.24 bits per heavy atom. The molecule has 34 heavy (non-hydrogen) atoms. The van der Waals surface area contributed by atoms with Gasteiger partial charge in [0.2, 0.25) is 5.91 Å². The van der Waals surface area contributed by atoms with Crippen molar-refractivity contribution >= 4 is 23.6 Å². The highest BCUT2D eigenvalue weighted by Gasteiger charge is 2.22. The van der Waals surface area contributed by atoms with Crippen LogP contribution in [0.15, 0.2) is 0 Å². The molecule has 0 spiro atoms. The van der Waals surface area contributed by atoms with Crippen LogP contribution in [-0.2, 0) is 9.59 Å². The molecule has 6 N–H and O–H groups in total. The maximum atomic E-state index is 12.2. The average molecular weight is 502 g/mol. The van der Waals surface area contributed by atoms with Crippen LogP contribution in [0.5, 0.6) is 0 Å². The van der Waals surface area contributed by atoms with Crippen molar-refractivity contribution in [2.75, 3.05) is 18.1 Å². The molecule has 0 aromatic heterocycles. The van der Waals surface area contributed by atoms with Crippen molar-refractivity contribution in [2.24, 2.45) is 11.5 Å². The smallest absolute Gasteiger partial charge is 0.326 e. The molecular formula is C27H55N3O3S. The van der Waals surface area contributed by atoms with Crippen LogP contribution in [0, 0.1) is 0 Å². The summed E-state index contributed by atoms with van der Waals surface area (Å²) in [5.41, 5.74) is 11.4. The van der Waals surface area contributed by atoms with Gasteiger partial charge in [-0.05, 0) is 38.0 Å². The number of rotatable bonds is 26. The highest BCUT2D eigenvalue weighted by molar-refractivity contribution is 7.99. The van der Waals surface area contributed by atoms with Gasteiger partial charge in [0, 0.05) is 5.75 Å². The van der Waals surface area contributed by atoms with Crippen LogP contribution in [0.1, 0.15) is 129 Å². The molecule has 0 aromatic rings. The number of hydrogen-bond donors (Lipinski definition) is 4. The predicted octanol–water partition coefficient (Wildman–Crippen LogP) is 6.01. The lowest BCUT2D eigenvalue weighted by molar-refractivity contribution is -0.142. The minimum Gasteiger partial charge on any atom is -0.480 e. The van der Waals surface area contributed by atoms with Crippen LogP contribution >= 0.6 is 11.8 Å². The molecule has 1 amide bonds. The molecular weight excluding hydrogens is 446 g/mol. The van der Waals surface area contributed by atoms with Crippen LogP contribution in [0.4, 0.5) is 0 Å². The monoisotopic (exact) mass is 501 g/mol. The van der Waals surface area contributed by atoms with Crippen LogP contribution in [-0.4, -0.2) is 47.1 Å². The highest BCUT2D eigenvalue weighted by Crippen LogP contribution is 2.14. The van der Waals surface area contributed by atoms with Gasteiger partial charge in [0.15, 0.2) is 0 Å². The first-order chi connectivity index (χ1) is 16.5. The standard InChI is InChI=1S/C27H55N3O3S/c1-2-3-4-5-6-7-8-9-10-11-12-13-14-15-16-19-22-34-23-24(29)26(31)30-25(27(32)33)20-17-18-21-28/h24-25H,2-23,28-29H2,1H3,(H,30,31)(H,32,33)/t24-,25-/m1/s1. The quantitative estimate of drug-likeness (QED) is 0.108. The molecule has 0 aliphatic carbocycles. The number of carboxylic acid groups (broad SMARTS) is 1. The molecule has 0 bridgehead atoms. The Labute approximate surface area is 214 Å². The van der Waals surface area contributed by atoms with Crippen molar-refractivity contribution in [1.82, 2.24) is 5.32 Å². The summed E-state index contributed by atoms with van der Waals surface area (Å²) in [6.45, 7) is 2.80. The predicted molar refractivity (Wildman–Crippen MR) is 147 cm³/mol. The van der Waals surface area contributed by atoms with Crippen molar-refractivity contribution in [3.63, 3.8) is 0 Å². The third kappa shape index (κ3) is 21.7. The number of aliphatic carboxylic acids is 1. The number of carbonyl (C=O) groups excluding carboxylic acids is 1. The van der Waals surface area contributed by atoms with Crippen molar-refractivity contribution in [3.05, 3.63) is 0 Å². The number of hydrogen-bond acceptors (Lipinski definition) is 5. The van der Waals surface area contributed by atoms with Gasteiger partial charge >= 0.3 is 5.97 Å². The topological polar surface area (TPSA) is 118 Å². The summed E-state index contributed by atoms with van der Waals surface area (Å²) in [7, 11) is 0. The van der Waals surface area contributed by atoms with E-state index in [0.29, 0.717) is 25.1 Å². The van der Waals surface area contributed by atoms with E-state index in [1.165, 1.54) is 96.3 Å². The van der Waals surface area contributed by atoms with E-state index in [2.05, 4.69) is 12.2 Å². The molecule has 0 unspecified atom stereocenters. The number of amides is 1. The van der Waals surface area contributed by atoms with E-state index in [1.54, 1.807) is 11.8 Å². The molecule has 0 saturated heterocycles. The second-order valence-corrected chi connectivity index (χ2v) is 10.8. The Kier molecular flexibility index (Phi) is 24.7. The van der Waals surface area contributed by atoms with Crippen molar-refractivity contribution in [2.45, 2.75) is 141 Å². The van der Waals surface area contributed by atoms with Crippen LogP contribution in [0.3, 0.4) is 0 Å². The van der Waals surface area contributed by atoms with Crippen molar-refractivity contribution < 1.29 is 14.7 Å².